The predicted molar refractivity (Wildman–Crippen MR) is 157 cm³/mol. The highest BCUT2D eigenvalue weighted by Gasteiger charge is 2.47. The molecule has 0 bridgehead atoms. The largest absolute Gasteiger partial charge is 0.414 e. The number of hydrogen-bond donors (Lipinski definition) is 1. The number of imidazole rings is 1. The monoisotopic (exact) mass is 561 g/mol. The molecule has 37 heavy (non-hydrogen) atoms. The van der Waals surface area contributed by atoms with E-state index < -0.39 is 16.6 Å². The van der Waals surface area contributed by atoms with E-state index in [1.807, 2.05) is 22.1 Å². The molecule has 1 fully saturated rings. The van der Waals surface area contributed by atoms with Crippen LogP contribution in [0.1, 0.15) is 54.2 Å². The van der Waals surface area contributed by atoms with Crippen molar-refractivity contribution in [3.8, 4) is 10.6 Å². The Kier molecular flexibility index (Phi) is 7.54. The molecule has 0 saturated carbocycles. The number of anilines is 1. The van der Waals surface area contributed by atoms with Crippen molar-refractivity contribution in [3.63, 3.8) is 0 Å². The molecule has 0 aliphatic carbocycles. The molecule has 1 aliphatic rings. The van der Waals surface area contributed by atoms with Crippen LogP contribution in [-0.2, 0) is 13.6 Å². The Morgan fingerprint density at radius 1 is 1.08 bits per heavy atom. The van der Waals surface area contributed by atoms with E-state index in [1.54, 1.807) is 17.7 Å². The molecule has 0 spiro atoms. The van der Waals surface area contributed by atoms with E-state index in [4.69, 9.17) is 24.3 Å². The summed E-state index contributed by atoms with van der Waals surface area (Å²) in [5.41, 5.74) is 8.30. The van der Waals surface area contributed by atoms with Crippen LogP contribution in [0.3, 0.4) is 0 Å². The van der Waals surface area contributed by atoms with Gasteiger partial charge in [0.1, 0.15) is 23.5 Å². The average Bonchev–Trinajstić information content (AvgIpc) is 3.49. The molecule has 4 heterocycles. The van der Waals surface area contributed by atoms with Crippen LogP contribution in [0.15, 0.2) is 23.8 Å². The Balaban J connectivity index is 1.66. The van der Waals surface area contributed by atoms with E-state index in [9.17, 15) is 0 Å². The Morgan fingerprint density at radius 2 is 1.76 bits per heavy atom. The summed E-state index contributed by atoms with van der Waals surface area (Å²) in [6.07, 6.45) is 1.95. The van der Waals surface area contributed by atoms with Gasteiger partial charge >= 0.3 is 0 Å². The normalized spacial score (nSPS) is 21.7. The van der Waals surface area contributed by atoms with Crippen LogP contribution in [0.5, 0.6) is 0 Å². The van der Waals surface area contributed by atoms with Crippen LogP contribution in [-0.4, -0.2) is 55.0 Å². The van der Waals surface area contributed by atoms with Crippen molar-refractivity contribution in [3.05, 3.63) is 23.8 Å². The minimum absolute atomic E-state index is 0.0796. The third-order valence-corrected chi connectivity index (χ3v) is 18.2. The lowest BCUT2D eigenvalue weighted by Gasteiger charge is -2.40. The van der Waals surface area contributed by atoms with Crippen LogP contribution < -0.4 is 5.73 Å². The van der Waals surface area contributed by atoms with Crippen LogP contribution in [0.2, 0.25) is 36.3 Å². The zero-order valence-corrected chi connectivity index (χ0v) is 26.8. The average molecular weight is 562 g/mol. The molecule has 0 amide bonds. The first-order valence-electron chi connectivity index (χ1n) is 13.0. The molecule has 8 nitrogen and oxygen atoms in total. The summed E-state index contributed by atoms with van der Waals surface area (Å²) < 4.78 is 22.2. The zero-order valence-electron chi connectivity index (χ0n) is 24.0. The molecule has 0 radical (unpaired) electrons. The fraction of sp³-hybridized carbons (Fsp3) is 0.654. The van der Waals surface area contributed by atoms with E-state index in [-0.39, 0.29) is 34.5 Å². The highest BCUT2D eigenvalue weighted by atomic mass is 32.1. The minimum atomic E-state index is -2.04. The minimum Gasteiger partial charge on any atom is -0.414 e. The molecule has 204 valence electrons. The maximum Gasteiger partial charge on any atom is 0.222 e. The number of nitrogens with two attached hydrogens (primary N) is 1. The topological polar surface area (TPSA) is 97.3 Å². The third-order valence-electron chi connectivity index (χ3n) is 8.35. The number of rotatable bonds is 7. The Hall–Kier alpha value is -1.64. The summed E-state index contributed by atoms with van der Waals surface area (Å²) in [6, 6.07) is 4.02. The van der Waals surface area contributed by atoms with E-state index in [0.717, 1.165) is 16.1 Å². The first-order chi connectivity index (χ1) is 17.0. The number of ether oxygens (including phenoxy) is 1. The Bertz CT molecular complexity index is 1230. The molecule has 3 atom stereocenters. The zero-order chi connectivity index (χ0) is 27.4. The Labute approximate surface area is 227 Å². The van der Waals surface area contributed by atoms with E-state index in [0.29, 0.717) is 18.7 Å². The second-order valence-electron chi connectivity index (χ2n) is 13.1. The summed E-state index contributed by atoms with van der Waals surface area (Å²) in [4.78, 5) is 14.8. The van der Waals surface area contributed by atoms with Gasteiger partial charge in [-0.05, 0) is 47.7 Å². The van der Waals surface area contributed by atoms with Gasteiger partial charge in [-0.3, -0.25) is 4.57 Å². The lowest BCUT2D eigenvalue weighted by atomic mass is 10.2. The molecule has 11 heteroatoms. The summed E-state index contributed by atoms with van der Waals surface area (Å²) in [6.45, 7) is 23.2. The fourth-order valence-corrected chi connectivity index (χ4v) is 7.02. The van der Waals surface area contributed by atoms with Crippen molar-refractivity contribution in [2.45, 2.75) is 103 Å². The number of aromatic nitrogens is 4. The van der Waals surface area contributed by atoms with E-state index >= 15 is 0 Å². The maximum absolute atomic E-state index is 6.93. The third kappa shape index (κ3) is 5.71. The summed E-state index contributed by atoms with van der Waals surface area (Å²) >= 11 is 1.61. The predicted octanol–water partition coefficient (Wildman–Crippen LogP) is 6.84. The summed E-state index contributed by atoms with van der Waals surface area (Å²) in [7, 11) is -3.99. The fourth-order valence-electron chi connectivity index (χ4n) is 3.94. The van der Waals surface area contributed by atoms with Crippen molar-refractivity contribution >= 4 is 45.1 Å². The van der Waals surface area contributed by atoms with Gasteiger partial charge in [-0.2, -0.15) is 4.98 Å². The van der Waals surface area contributed by atoms with Gasteiger partial charge in [-0.15, -0.1) is 11.3 Å². The smallest absolute Gasteiger partial charge is 0.222 e. The number of hydrogen-bond acceptors (Lipinski definition) is 8. The van der Waals surface area contributed by atoms with Crippen LogP contribution >= 0.6 is 11.3 Å². The molecular weight excluding hydrogens is 519 g/mol. The van der Waals surface area contributed by atoms with Crippen molar-refractivity contribution in [1.82, 2.24) is 19.5 Å². The number of nitrogens with zero attached hydrogens (tertiary/aromatic N) is 4. The van der Waals surface area contributed by atoms with Crippen molar-refractivity contribution in [2.75, 3.05) is 12.3 Å². The molecule has 3 aromatic rings. The molecule has 0 aromatic carbocycles. The molecule has 1 aliphatic heterocycles. The van der Waals surface area contributed by atoms with Gasteiger partial charge in [0, 0.05) is 6.42 Å². The second kappa shape index (κ2) is 9.84. The molecule has 4 rings (SSSR count). The molecule has 3 aromatic heterocycles. The summed E-state index contributed by atoms with van der Waals surface area (Å²) in [5.74, 6) is 0.225. The Morgan fingerprint density at radius 3 is 2.35 bits per heavy atom. The van der Waals surface area contributed by atoms with Crippen molar-refractivity contribution in [2.24, 2.45) is 0 Å². The highest BCUT2D eigenvalue weighted by Crippen LogP contribution is 2.43. The van der Waals surface area contributed by atoms with Crippen LogP contribution in [0, 0.1) is 0 Å². The SMILES string of the molecule is CC(C)(C)[Si](C)(C)OC[C@H]1O[C@@H](n2cnc3c(-c4cccs4)nc(N)nc32)C[C@@H]1O[Si](C)(C)C(C)(C)C. The molecule has 2 N–H and O–H groups in total. The number of fused-ring (bicyclic) bond motifs is 1. The summed E-state index contributed by atoms with van der Waals surface area (Å²) in [5, 5.41) is 2.23. The number of nitrogen functional groups attached to an aromatic ring is 1. The van der Waals surface area contributed by atoms with E-state index in [1.165, 1.54) is 0 Å². The van der Waals surface area contributed by atoms with Crippen LogP contribution in [0.25, 0.3) is 21.7 Å². The van der Waals surface area contributed by atoms with Gasteiger partial charge in [-0.1, -0.05) is 47.6 Å². The molecular formula is C26H43N5O3SSi2. The lowest BCUT2D eigenvalue weighted by molar-refractivity contribution is -0.0383. The maximum atomic E-state index is 6.93. The highest BCUT2D eigenvalue weighted by molar-refractivity contribution is 7.13. The first-order valence-corrected chi connectivity index (χ1v) is 19.7. The van der Waals surface area contributed by atoms with Crippen molar-refractivity contribution in [1.29, 1.82) is 0 Å². The van der Waals surface area contributed by atoms with Gasteiger partial charge in [0.15, 0.2) is 22.3 Å². The van der Waals surface area contributed by atoms with E-state index in [2.05, 4.69) is 77.7 Å². The standard InChI is InChI=1S/C26H43N5O3SSi2/c1-25(2,3)36(7,8)32-15-18-17(34-37(9,10)26(4,5)6)14-20(33-18)31-16-28-22-21(19-12-11-13-35-19)29-24(27)30-23(22)31/h11-13,16-18,20H,14-15H2,1-10H3,(H2,27,29,30)/t17-,18+,20+/m0/s1. The van der Waals surface area contributed by atoms with Crippen molar-refractivity contribution < 1.29 is 13.6 Å². The molecule has 1 saturated heterocycles. The van der Waals surface area contributed by atoms with Crippen LogP contribution in [0.4, 0.5) is 5.95 Å². The lowest BCUT2D eigenvalue weighted by Crippen LogP contribution is -2.48. The second-order valence-corrected chi connectivity index (χ2v) is 23.6. The first kappa shape index (κ1) is 28.4. The quantitative estimate of drug-likeness (QED) is 0.315. The number of thiophene rings is 1. The molecule has 0 unspecified atom stereocenters. The van der Waals surface area contributed by atoms with Gasteiger partial charge < -0.3 is 19.3 Å². The van der Waals surface area contributed by atoms with Gasteiger partial charge in [0.25, 0.3) is 0 Å². The van der Waals surface area contributed by atoms with Gasteiger partial charge in [0.2, 0.25) is 5.95 Å². The van der Waals surface area contributed by atoms with Gasteiger partial charge in [-0.25, -0.2) is 9.97 Å². The van der Waals surface area contributed by atoms with Gasteiger partial charge in [0.05, 0.1) is 23.9 Å².